The van der Waals surface area contributed by atoms with Gasteiger partial charge in [-0.1, -0.05) is 17.7 Å². The second-order valence-electron chi connectivity index (χ2n) is 5.09. The maximum atomic E-state index is 13.7. The number of piperazine rings is 1. The van der Waals surface area contributed by atoms with Crippen molar-refractivity contribution in [1.82, 2.24) is 9.80 Å². The Kier molecular flexibility index (Phi) is 9.27. The summed E-state index contributed by atoms with van der Waals surface area (Å²) in [6.07, 6.45) is 0. The molecular weight excluding hydrogens is 352 g/mol. The third-order valence-corrected chi connectivity index (χ3v) is 3.87. The summed E-state index contributed by atoms with van der Waals surface area (Å²) in [5.74, 6) is -0.319. The smallest absolute Gasteiger partial charge is 0.239 e. The lowest BCUT2D eigenvalue weighted by molar-refractivity contribution is -0.134. The Morgan fingerprint density at radius 1 is 1.32 bits per heavy atom. The first kappa shape index (κ1) is 21.4. The van der Waals surface area contributed by atoms with E-state index in [9.17, 15) is 9.18 Å². The number of carbonyl (C=O) groups is 1. The lowest BCUT2D eigenvalue weighted by Crippen LogP contribution is -2.52. The molecule has 2 rings (SSSR count). The van der Waals surface area contributed by atoms with E-state index in [1.165, 1.54) is 6.07 Å². The number of benzene rings is 1. The third kappa shape index (κ3) is 5.25. The van der Waals surface area contributed by atoms with Crippen LogP contribution in [0.25, 0.3) is 0 Å². The van der Waals surface area contributed by atoms with Gasteiger partial charge in [0.2, 0.25) is 5.91 Å². The van der Waals surface area contributed by atoms with E-state index in [1.807, 2.05) is 0 Å². The Bertz CT molecular complexity index is 474. The molecule has 1 amide bonds. The minimum Gasteiger partial charge on any atom is -0.339 e. The van der Waals surface area contributed by atoms with Crippen LogP contribution in [0, 0.1) is 5.82 Å². The van der Waals surface area contributed by atoms with Crippen molar-refractivity contribution in [3.63, 3.8) is 0 Å². The van der Waals surface area contributed by atoms with Crippen molar-refractivity contribution < 1.29 is 9.18 Å². The fourth-order valence-corrected chi connectivity index (χ4v) is 2.54. The molecule has 1 fully saturated rings. The van der Waals surface area contributed by atoms with Gasteiger partial charge >= 0.3 is 0 Å². The molecule has 1 aromatic carbocycles. The highest BCUT2D eigenvalue weighted by Gasteiger charge is 2.23. The molecule has 0 unspecified atom stereocenters. The number of hydrogen-bond donors (Lipinski definition) is 1. The fraction of sp³-hybridized carbons (Fsp3) is 0.500. The van der Waals surface area contributed by atoms with Gasteiger partial charge in [0.05, 0.1) is 6.04 Å². The maximum absolute atomic E-state index is 13.7. The molecule has 1 aromatic rings. The summed E-state index contributed by atoms with van der Waals surface area (Å²) in [6, 6.07) is 4.23. The minimum absolute atomic E-state index is 0. The fourth-order valence-electron chi connectivity index (χ4n) is 2.32. The van der Waals surface area contributed by atoms with Gasteiger partial charge < -0.3 is 10.6 Å². The Balaban J connectivity index is 0.00000220. The summed E-state index contributed by atoms with van der Waals surface area (Å²) < 4.78 is 13.7. The van der Waals surface area contributed by atoms with Crippen molar-refractivity contribution in [2.45, 2.75) is 19.5 Å². The Morgan fingerprint density at radius 2 is 1.91 bits per heavy atom. The van der Waals surface area contributed by atoms with E-state index in [-0.39, 0.29) is 36.5 Å². The van der Waals surface area contributed by atoms with Crippen molar-refractivity contribution in [3.05, 3.63) is 34.6 Å². The van der Waals surface area contributed by atoms with Crippen molar-refractivity contribution in [2.75, 3.05) is 26.2 Å². The predicted octanol–water partition coefficient (Wildman–Crippen LogP) is 2.31. The van der Waals surface area contributed by atoms with E-state index in [2.05, 4.69) is 4.90 Å². The SMILES string of the molecule is C[C@@H](N)C(=O)N1CCN(Cc2c(F)cccc2Cl)CC1.Cl.Cl. The molecule has 1 saturated heterocycles. The van der Waals surface area contributed by atoms with Crippen molar-refractivity contribution in [2.24, 2.45) is 5.73 Å². The van der Waals surface area contributed by atoms with Crippen LogP contribution in [0.4, 0.5) is 4.39 Å². The van der Waals surface area contributed by atoms with Gasteiger partial charge in [-0.2, -0.15) is 0 Å². The first-order chi connectivity index (χ1) is 9.49. The quantitative estimate of drug-likeness (QED) is 0.886. The summed E-state index contributed by atoms with van der Waals surface area (Å²) >= 11 is 6.02. The standard InChI is InChI=1S/C14H19ClFN3O.2ClH/c1-10(17)14(20)19-7-5-18(6-8-19)9-11-12(15)3-2-4-13(11)16;;/h2-4,10H,5-9,17H2,1H3;2*1H/t10-;;/m1../s1. The topological polar surface area (TPSA) is 49.6 Å². The molecule has 4 nitrogen and oxygen atoms in total. The maximum Gasteiger partial charge on any atom is 0.239 e. The van der Waals surface area contributed by atoms with Gasteiger partial charge in [0.1, 0.15) is 5.82 Å². The lowest BCUT2D eigenvalue weighted by atomic mass is 10.1. The summed E-state index contributed by atoms with van der Waals surface area (Å²) in [5.41, 5.74) is 6.11. The van der Waals surface area contributed by atoms with Gasteiger partial charge in [-0.15, -0.1) is 24.8 Å². The van der Waals surface area contributed by atoms with Crippen LogP contribution in [-0.2, 0) is 11.3 Å². The summed E-state index contributed by atoms with van der Waals surface area (Å²) in [7, 11) is 0. The zero-order chi connectivity index (χ0) is 14.7. The number of rotatable bonds is 3. The van der Waals surface area contributed by atoms with Crippen LogP contribution in [0.1, 0.15) is 12.5 Å². The van der Waals surface area contributed by atoms with Crippen molar-refractivity contribution in [1.29, 1.82) is 0 Å². The molecule has 0 bridgehead atoms. The molecule has 1 atom stereocenters. The van der Waals surface area contributed by atoms with Crippen LogP contribution in [0.3, 0.4) is 0 Å². The number of amides is 1. The van der Waals surface area contributed by atoms with Crippen LogP contribution in [0.15, 0.2) is 18.2 Å². The molecule has 1 aliphatic rings. The molecule has 8 heteroatoms. The monoisotopic (exact) mass is 371 g/mol. The van der Waals surface area contributed by atoms with E-state index >= 15 is 0 Å². The van der Waals surface area contributed by atoms with Crippen LogP contribution < -0.4 is 5.73 Å². The number of hydrogen-bond acceptors (Lipinski definition) is 3. The van der Waals surface area contributed by atoms with Crippen LogP contribution in [0.2, 0.25) is 5.02 Å². The zero-order valence-electron chi connectivity index (χ0n) is 12.3. The molecule has 0 aliphatic carbocycles. The summed E-state index contributed by atoms with van der Waals surface area (Å²) in [4.78, 5) is 15.6. The molecule has 1 aliphatic heterocycles. The van der Waals surface area contributed by atoms with Gasteiger partial charge in [0.25, 0.3) is 0 Å². The second kappa shape index (κ2) is 9.53. The first-order valence-corrected chi connectivity index (χ1v) is 7.06. The predicted molar refractivity (Wildman–Crippen MR) is 91.4 cm³/mol. The molecule has 0 aromatic heterocycles. The molecule has 22 heavy (non-hydrogen) atoms. The van der Waals surface area contributed by atoms with Gasteiger partial charge in [-0.25, -0.2) is 4.39 Å². The zero-order valence-corrected chi connectivity index (χ0v) is 14.7. The van der Waals surface area contributed by atoms with Gasteiger partial charge in [0, 0.05) is 43.3 Å². The minimum atomic E-state index is -0.470. The number of halogens is 4. The highest BCUT2D eigenvalue weighted by molar-refractivity contribution is 6.31. The Morgan fingerprint density at radius 3 is 2.41 bits per heavy atom. The number of carbonyl (C=O) groups excluding carboxylic acids is 1. The van der Waals surface area contributed by atoms with E-state index in [1.54, 1.807) is 24.0 Å². The molecule has 0 radical (unpaired) electrons. The van der Waals surface area contributed by atoms with E-state index in [0.29, 0.717) is 43.3 Å². The summed E-state index contributed by atoms with van der Waals surface area (Å²) in [5, 5.41) is 0.444. The van der Waals surface area contributed by atoms with Crippen LogP contribution >= 0.6 is 36.4 Å². The number of nitrogens with two attached hydrogens (primary N) is 1. The van der Waals surface area contributed by atoms with E-state index < -0.39 is 6.04 Å². The second-order valence-corrected chi connectivity index (χ2v) is 5.50. The molecule has 126 valence electrons. The van der Waals surface area contributed by atoms with E-state index in [4.69, 9.17) is 17.3 Å². The highest BCUT2D eigenvalue weighted by atomic mass is 35.5. The molecule has 2 N–H and O–H groups in total. The van der Waals surface area contributed by atoms with Crippen LogP contribution in [0.5, 0.6) is 0 Å². The summed E-state index contributed by atoms with van der Waals surface area (Å²) in [6.45, 7) is 4.78. The van der Waals surface area contributed by atoms with E-state index in [0.717, 1.165) is 0 Å². The van der Waals surface area contributed by atoms with Crippen LogP contribution in [-0.4, -0.2) is 47.9 Å². The lowest BCUT2D eigenvalue weighted by Gasteiger charge is -2.35. The third-order valence-electron chi connectivity index (χ3n) is 3.52. The molecule has 0 saturated carbocycles. The number of nitrogens with zero attached hydrogens (tertiary/aromatic N) is 2. The van der Waals surface area contributed by atoms with Gasteiger partial charge in [-0.3, -0.25) is 9.69 Å². The van der Waals surface area contributed by atoms with Gasteiger partial charge in [-0.05, 0) is 19.1 Å². The normalized spacial score (nSPS) is 16.5. The largest absolute Gasteiger partial charge is 0.339 e. The average molecular weight is 373 g/mol. The Hall–Kier alpha value is -0.590. The molecule has 0 spiro atoms. The average Bonchev–Trinajstić information content (AvgIpc) is 2.43. The van der Waals surface area contributed by atoms with Crippen molar-refractivity contribution >= 4 is 42.3 Å². The molecular formula is C14H21Cl3FN3O. The van der Waals surface area contributed by atoms with Crippen molar-refractivity contribution in [3.8, 4) is 0 Å². The highest BCUT2D eigenvalue weighted by Crippen LogP contribution is 2.21. The molecule has 1 heterocycles. The Labute approximate surface area is 147 Å². The first-order valence-electron chi connectivity index (χ1n) is 6.68. The van der Waals surface area contributed by atoms with Gasteiger partial charge in [0.15, 0.2) is 0 Å².